The van der Waals surface area contributed by atoms with Crippen molar-refractivity contribution < 1.29 is 18.0 Å². The van der Waals surface area contributed by atoms with Crippen LogP contribution in [0.15, 0.2) is 74.2 Å². The minimum atomic E-state index is -4.88. The van der Waals surface area contributed by atoms with E-state index in [1.165, 1.54) is 26.1 Å². The van der Waals surface area contributed by atoms with E-state index in [4.69, 9.17) is 5.41 Å². The number of thioether (sulfide) groups is 1. The van der Waals surface area contributed by atoms with Gasteiger partial charge in [0, 0.05) is 20.2 Å². The fourth-order valence-corrected chi connectivity index (χ4v) is 5.94. The molecule has 9 heteroatoms. The Hall–Kier alpha value is -2.23. The van der Waals surface area contributed by atoms with Gasteiger partial charge in [-0.1, -0.05) is 42.1 Å². The first kappa shape index (κ1) is 25.0. The number of nitrogens with one attached hydrogen (secondary N) is 1. The molecule has 1 aromatic heterocycles. The number of rotatable bonds is 5. The summed E-state index contributed by atoms with van der Waals surface area (Å²) in [7, 11) is 0. The molecule has 0 saturated heterocycles. The van der Waals surface area contributed by atoms with Crippen molar-refractivity contribution in [3.63, 3.8) is 0 Å². The summed E-state index contributed by atoms with van der Waals surface area (Å²) in [5.74, 6) is -1.82. The molecule has 0 atom stereocenters. The molecule has 0 aliphatic heterocycles. The number of carbonyl (C=O) groups excluding carboxylic acids is 1. The lowest BCUT2D eigenvalue weighted by molar-refractivity contribution is -0.166. The Morgan fingerprint density at radius 1 is 1.29 bits per heavy atom. The number of alkyl halides is 3. The fraction of sp³-hybridized carbons (Fsp3) is 0.182. The Morgan fingerprint density at radius 3 is 2.65 bits per heavy atom. The van der Waals surface area contributed by atoms with Gasteiger partial charge in [0.05, 0.1) is 10.5 Å². The first-order valence-corrected chi connectivity index (χ1v) is 11.9. The van der Waals surface area contributed by atoms with Gasteiger partial charge in [0.2, 0.25) is 0 Å². The molecule has 0 radical (unpaired) electrons. The van der Waals surface area contributed by atoms with Crippen LogP contribution in [0.5, 0.6) is 0 Å². The normalized spacial score (nSPS) is 13.5. The van der Waals surface area contributed by atoms with Crippen LogP contribution in [0.1, 0.15) is 16.9 Å². The van der Waals surface area contributed by atoms with Gasteiger partial charge in [-0.15, -0.1) is 23.1 Å². The number of ketones is 1. The largest absolute Gasteiger partial charge is 0.454 e. The van der Waals surface area contributed by atoms with Crippen LogP contribution in [-0.4, -0.2) is 24.6 Å². The summed E-state index contributed by atoms with van der Waals surface area (Å²) < 4.78 is 39.7. The van der Waals surface area contributed by atoms with Gasteiger partial charge in [0.1, 0.15) is 0 Å². The van der Waals surface area contributed by atoms with Crippen molar-refractivity contribution in [2.24, 2.45) is 5.73 Å². The van der Waals surface area contributed by atoms with Crippen molar-refractivity contribution in [2.45, 2.75) is 33.5 Å². The van der Waals surface area contributed by atoms with Crippen LogP contribution in [0.4, 0.5) is 13.2 Å². The Bertz CT molecular complexity index is 1040. The maximum Gasteiger partial charge on any atom is 0.454 e. The van der Waals surface area contributed by atoms with E-state index in [2.05, 4.69) is 18.7 Å². The van der Waals surface area contributed by atoms with Crippen molar-refractivity contribution in [3.05, 3.63) is 70.6 Å². The van der Waals surface area contributed by atoms with Crippen LogP contribution in [0.25, 0.3) is 5.57 Å². The third kappa shape index (κ3) is 7.15. The molecule has 3 N–H and O–H groups in total. The van der Waals surface area contributed by atoms with Crippen LogP contribution < -0.4 is 5.73 Å². The zero-order valence-electron chi connectivity index (χ0n) is 16.8. The topological polar surface area (TPSA) is 66.9 Å². The minimum absolute atomic E-state index is 0.340. The highest BCUT2D eigenvalue weighted by Crippen LogP contribution is 2.41. The maximum absolute atomic E-state index is 12.8. The second-order valence-electron chi connectivity index (χ2n) is 6.23. The third-order valence-corrected chi connectivity index (χ3v) is 7.45. The fourth-order valence-electron chi connectivity index (χ4n) is 2.72. The van der Waals surface area contributed by atoms with E-state index >= 15 is 0 Å². The van der Waals surface area contributed by atoms with Crippen LogP contribution in [0.2, 0.25) is 0 Å². The summed E-state index contributed by atoms with van der Waals surface area (Å²) in [5, 5.41) is 5.86. The second-order valence-corrected chi connectivity index (χ2v) is 9.68. The quantitative estimate of drug-likeness (QED) is 0.277. The zero-order chi connectivity index (χ0) is 23.0. The van der Waals surface area contributed by atoms with Gasteiger partial charge in [0.25, 0.3) is 5.78 Å². The molecular formula is C22H21F3N2OS3. The van der Waals surface area contributed by atoms with Crippen molar-refractivity contribution >= 4 is 52.6 Å². The molecule has 3 rings (SSSR count). The number of carbonyl (C=O) groups is 1. The molecule has 31 heavy (non-hydrogen) atoms. The van der Waals surface area contributed by atoms with Crippen LogP contribution in [-0.2, 0) is 4.79 Å². The van der Waals surface area contributed by atoms with Gasteiger partial charge in [-0.3, -0.25) is 10.2 Å². The Morgan fingerprint density at radius 2 is 2.00 bits per heavy atom. The van der Waals surface area contributed by atoms with Crippen LogP contribution in [0, 0.1) is 12.3 Å². The third-order valence-electron chi connectivity index (χ3n) is 3.97. The first-order valence-electron chi connectivity index (χ1n) is 9.03. The number of allylic oxidation sites excluding steroid dienone is 6. The molecule has 0 spiro atoms. The first-order chi connectivity index (χ1) is 14.7. The summed E-state index contributed by atoms with van der Waals surface area (Å²) in [4.78, 5) is 15.1. The monoisotopic (exact) mass is 482 g/mol. The highest BCUT2D eigenvalue weighted by molar-refractivity contribution is 8.03. The lowest BCUT2D eigenvalue weighted by atomic mass is 10.0. The van der Waals surface area contributed by atoms with E-state index in [0.29, 0.717) is 12.0 Å². The molecule has 0 unspecified atom stereocenters. The van der Waals surface area contributed by atoms with Gasteiger partial charge in [-0.2, -0.15) is 13.2 Å². The number of nitrogens with two attached hydrogens (primary N) is 1. The maximum atomic E-state index is 12.8. The highest BCUT2D eigenvalue weighted by Gasteiger charge is 2.39. The number of aryl methyl sites for hydroxylation is 1. The van der Waals surface area contributed by atoms with E-state index in [1.54, 1.807) is 40.9 Å². The summed E-state index contributed by atoms with van der Waals surface area (Å²) in [6.07, 6.45) is 4.35. The summed E-state index contributed by atoms with van der Waals surface area (Å²) in [6.45, 7) is 2.07. The van der Waals surface area contributed by atoms with Crippen molar-refractivity contribution in [1.82, 2.24) is 0 Å². The molecule has 2 aromatic rings. The smallest absolute Gasteiger partial charge is 0.390 e. The molecule has 1 heterocycles. The Labute approximate surface area is 191 Å². The average molecular weight is 483 g/mol. The van der Waals surface area contributed by atoms with Gasteiger partial charge in [-0.25, -0.2) is 0 Å². The zero-order valence-corrected chi connectivity index (χ0v) is 19.3. The average Bonchev–Trinajstić information content (AvgIpc) is 2.91. The van der Waals surface area contributed by atoms with E-state index in [0.717, 1.165) is 16.8 Å². The number of thiophene rings is 1. The van der Waals surface area contributed by atoms with E-state index in [1.807, 2.05) is 36.6 Å². The molecule has 1 aliphatic carbocycles. The molecule has 0 bridgehead atoms. The predicted octanol–water partition coefficient (Wildman–Crippen LogP) is 6.88. The van der Waals surface area contributed by atoms with E-state index < -0.39 is 12.0 Å². The van der Waals surface area contributed by atoms with Crippen LogP contribution >= 0.6 is 34.9 Å². The van der Waals surface area contributed by atoms with Gasteiger partial charge in [-0.05, 0) is 55.0 Å². The molecule has 0 amide bonds. The Kier molecular flexibility index (Phi) is 9.21. The summed E-state index contributed by atoms with van der Waals surface area (Å²) in [5.41, 5.74) is 5.46. The number of Topliss-reactive ketones (excluding diaryl/α,β-unsaturated/α-hetero) is 1. The number of hydrogen-bond acceptors (Lipinski definition) is 5. The standard InChI is InChI=1S/C21H17F3OS3.CH4N2/c1-13-10-18(20(26-2)27-13)28-17-9-5-8-15(12-17)14-6-3-4-7-16(11-14)19(25)21(22,23)24;2-1-3/h4-12H,3H2,1-2H3;1H,(H3,2,3). The van der Waals surface area contributed by atoms with Gasteiger partial charge >= 0.3 is 6.18 Å². The Balaban J connectivity index is 0.00000107. The van der Waals surface area contributed by atoms with Crippen molar-refractivity contribution in [3.8, 4) is 0 Å². The van der Waals surface area contributed by atoms with Gasteiger partial charge in [0.15, 0.2) is 0 Å². The minimum Gasteiger partial charge on any atom is -0.390 e. The number of halogens is 3. The van der Waals surface area contributed by atoms with E-state index in [-0.39, 0.29) is 5.57 Å². The molecular weight excluding hydrogens is 461 g/mol. The summed E-state index contributed by atoms with van der Waals surface area (Å²) in [6, 6.07) is 9.80. The van der Waals surface area contributed by atoms with Crippen molar-refractivity contribution in [1.29, 1.82) is 5.41 Å². The summed E-state index contributed by atoms with van der Waals surface area (Å²) >= 11 is 5.08. The van der Waals surface area contributed by atoms with E-state index in [9.17, 15) is 18.0 Å². The second kappa shape index (κ2) is 11.4. The lowest BCUT2D eigenvalue weighted by Crippen LogP contribution is -2.23. The van der Waals surface area contributed by atoms with Crippen LogP contribution in [0.3, 0.4) is 0 Å². The predicted molar refractivity (Wildman–Crippen MR) is 125 cm³/mol. The molecule has 0 fully saturated rings. The number of benzene rings is 1. The molecule has 1 aromatic carbocycles. The van der Waals surface area contributed by atoms with Gasteiger partial charge < -0.3 is 5.73 Å². The van der Waals surface area contributed by atoms with Crippen molar-refractivity contribution in [2.75, 3.05) is 6.26 Å². The molecule has 1 aliphatic rings. The lowest BCUT2D eigenvalue weighted by Gasteiger charge is -2.09. The molecule has 0 saturated carbocycles. The molecule has 3 nitrogen and oxygen atoms in total. The SMILES string of the molecule is CSc1sc(C)cc1Sc1cccc(C2=CCC=CC(C(=O)C(F)(F)F)=C2)c1.N=CN. The number of hydrogen-bond donors (Lipinski definition) is 2. The molecule has 164 valence electrons. The highest BCUT2D eigenvalue weighted by atomic mass is 32.2.